The molecular weight excluding hydrogens is 295 g/mol. The fraction of sp³-hybridized carbons (Fsp3) is 0.500. The maximum absolute atomic E-state index is 13.7. The van der Waals surface area contributed by atoms with Crippen LogP contribution in [0.4, 0.5) is 13.2 Å². The smallest absolute Gasteiger partial charge is 0.146 e. The lowest BCUT2D eigenvalue weighted by molar-refractivity contribution is 0.388. The minimum Gasteiger partial charge on any atom is -0.314 e. The highest BCUT2D eigenvalue weighted by Crippen LogP contribution is 2.27. The van der Waals surface area contributed by atoms with Crippen LogP contribution in [0.1, 0.15) is 24.8 Å². The van der Waals surface area contributed by atoms with Crippen molar-refractivity contribution in [1.29, 1.82) is 0 Å². The van der Waals surface area contributed by atoms with Crippen LogP contribution >= 0.6 is 15.9 Å². The molecule has 0 spiro atoms. The summed E-state index contributed by atoms with van der Waals surface area (Å²) in [6.07, 6.45) is 3.31. The van der Waals surface area contributed by atoms with Gasteiger partial charge < -0.3 is 5.32 Å². The highest BCUT2D eigenvalue weighted by atomic mass is 79.9. The van der Waals surface area contributed by atoms with Gasteiger partial charge in [-0.15, -0.1) is 0 Å². The van der Waals surface area contributed by atoms with Gasteiger partial charge in [-0.05, 0) is 41.7 Å². The first-order valence-corrected chi connectivity index (χ1v) is 6.44. The fourth-order valence-corrected chi connectivity index (χ4v) is 2.49. The van der Waals surface area contributed by atoms with Crippen molar-refractivity contribution in [3.05, 3.63) is 33.6 Å². The van der Waals surface area contributed by atoms with Crippen LogP contribution in [0.2, 0.25) is 0 Å². The van der Waals surface area contributed by atoms with Gasteiger partial charge in [0.05, 0.1) is 4.47 Å². The third-order valence-electron chi connectivity index (χ3n) is 3.07. The van der Waals surface area contributed by atoms with Gasteiger partial charge in [0.2, 0.25) is 0 Å². The lowest BCUT2D eigenvalue weighted by atomic mass is 9.97. The van der Waals surface area contributed by atoms with Gasteiger partial charge >= 0.3 is 0 Å². The largest absolute Gasteiger partial charge is 0.314 e. The van der Waals surface area contributed by atoms with Gasteiger partial charge in [-0.2, -0.15) is 0 Å². The molecular formula is C12H13BrF3N. The fourth-order valence-electron chi connectivity index (χ4n) is 2.14. The van der Waals surface area contributed by atoms with E-state index in [0.717, 1.165) is 31.9 Å². The van der Waals surface area contributed by atoms with E-state index in [-0.39, 0.29) is 22.5 Å². The van der Waals surface area contributed by atoms with Gasteiger partial charge in [0, 0.05) is 17.7 Å². The second-order valence-corrected chi connectivity index (χ2v) is 5.09. The van der Waals surface area contributed by atoms with Crippen LogP contribution in [0, 0.1) is 17.5 Å². The maximum atomic E-state index is 13.7. The lowest BCUT2D eigenvalue weighted by Crippen LogP contribution is -2.36. The number of hydrogen-bond donors (Lipinski definition) is 1. The van der Waals surface area contributed by atoms with Crippen molar-refractivity contribution in [2.75, 3.05) is 6.54 Å². The Balaban J connectivity index is 2.22. The molecule has 1 aliphatic heterocycles. The molecule has 1 saturated heterocycles. The van der Waals surface area contributed by atoms with Crippen molar-refractivity contribution >= 4 is 15.9 Å². The van der Waals surface area contributed by atoms with E-state index >= 15 is 0 Å². The van der Waals surface area contributed by atoms with Gasteiger partial charge in [-0.3, -0.25) is 0 Å². The van der Waals surface area contributed by atoms with E-state index < -0.39 is 17.5 Å². The first-order valence-electron chi connectivity index (χ1n) is 5.65. The summed E-state index contributed by atoms with van der Waals surface area (Å²) in [4.78, 5) is 0. The summed E-state index contributed by atoms with van der Waals surface area (Å²) in [5.74, 6) is -2.54. The van der Waals surface area contributed by atoms with Crippen LogP contribution in [-0.4, -0.2) is 12.6 Å². The van der Waals surface area contributed by atoms with E-state index in [4.69, 9.17) is 0 Å². The molecule has 1 N–H and O–H groups in total. The Morgan fingerprint density at radius 2 is 2.00 bits per heavy atom. The zero-order valence-corrected chi connectivity index (χ0v) is 10.8. The second kappa shape index (κ2) is 5.40. The molecule has 1 heterocycles. The normalized spacial score (nSPS) is 20.6. The molecule has 17 heavy (non-hydrogen) atoms. The Bertz CT molecular complexity index is 417. The molecule has 0 aromatic heterocycles. The Kier molecular flexibility index (Phi) is 4.09. The summed E-state index contributed by atoms with van der Waals surface area (Å²) in [6, 6.07) is 0.802. The van der Waals surface area contributed by atoms with Gasteiger partial charge in [-0.1, -0.05) is 6.42 Å². The predicted octanol–water partition coefficient (Wildman–Crippen LogP) is 3.55. The molecule has 0 aliphatic carbocycles. The molecule has 0 radical (unpaired) electrons. The molecule has 94 valence electrons. The van der Waals surface area contributed by atoms with Crippen LogP contribution in [0.5, 0.6) is 0 Å². The van der Waals surface area contributed by atoms with E-state index in [1.165, 1.54) is 0 Å². The molecule has 1 nitrogen and oxygen atoms in total. The Hall–Kier alpha value is -0.550. The molecule has 0 bridgehead atoms. The van der Waals surface area contributed by atoms with Crippen molar-refractivity contribution in [1.82, 2.24) is 5.32 Å². The number of piperidine rings is 1. The standard InChI is InChI=1S/C12H13BrF3N/c13-11-10(15)6-9(14)8(12(11)16)5-7-3-1-2-4-17-7/h6-7,17H,1-5H2. The number of halogens is 4. The molecule has 1 unspecified atom stereocenters. The van der Waals surface area contributed by atoms with Crippen LogP contribution in [0.15, 0.2) is 10.5 Å². The lowest BCUT2D eigenvalue weighted by Gasteiger charge is -2.24. The van der Waals surface area contributed by atoms with E-state index in [1.54, 1.807) is 0 Å². The van der Waals surface area contributed by atoms with E-state index in [1.807, 2.05) is 0 Å². The van der Waals surface area contributed by atoms with Crippen molar-refractivity contribution in [3.8, 4) is 0 Å². The van der Waals surface area contributed by atoms with Gasteiger partial charge in [0.1, 0.15) is 17.5 Å². The summed E-state index contributed by atoms with van der Waals surface area (Å²) in [5.41, 5.74) is -0.0438. The third-order valence-corrected chi connectivity index (χ3v) is 3.80. The summed E-state index contributed by atoms with van der Waals surface area (Å²) < 4.78 is 40.0. The molecule has 0 saturated carbocycles. The molecule has 1 aromatic rings. The first-order chi connectivity index (χ1) is 8.09. The zero-order valence-electron chi connectivity index (χ0n) is 9.20. The Morgan fingerprint density at radius 3 is 2.65 bits per heavy atom. The highest BCUT2D eigenvalue weighted by molar-refractivity contribution is 9.10. The van der Waals surface area contributed by atoms with Gasteiger partial charge in [0.15, 0.2) is 0 Å². The molecule has 5 heteroatoms. The average molecular weight is 308 g/mol. The zero-order chi connectivity index (χ0) is 12.4. The van der Waals surface area contributed by atoms with E-state index in [9.17, 15) is 13.2 Å². The van der Waals surface area contributed by atoms with Crippen molar-refractivity contribution in [2.24, 2.45) is 0 Å². The van der Waals surface area contributed by atoms with Crippen LogP contribution < -0.4 is 5.32 Å². The van der Waals surface area contributed by atoms with Crippen LogP contribution in [-0.2, 0) is 6.42 Å². The van der Waals surface area contributed by atoms with Gasteiger partial charge in [0.25, 0.3) is 0 Å². The SMILES string of the molecule is Fc1cc(F)c(CC2CCCCN2)c(F)c1Br. The number of hydrogen-bond acceptors (Lipinski definition) is 1. The number of benzene rings is 1. The van der Waals surface area contributed by atoms with Crippen molar-refractivity contribution in [2.45, 2.75) is 31.7 Å². The summed E-state index contributed by atoms with van der Waals surface area (Å²) in [6.45, 7) is 0.871. The van der Waals surface area contributed by atoms with Gasteiger partial charge in [-0.25, -0.2) is 13.2 Å². The Morgan fingerprint density at radius 1 is 1.24 bits per heavy atom. The predicted molar refractivity (Wildman–Crippen MR) is 63.4 cm³/mol. The van der Waals surface area contributed by atoms with Crippen LogP contribution in [0.3, 0.4) is 0 Å². The third kappa shape index (κ3) is 2.83. The number of nitrogens with one attached hydrogen (secondary N) is 1. The molecule has 1 atom stereocenters. The first kappa shape index (κ1) is 12.9. The van der Waals surface area contributed by atoms with Crippen molar-refractivity contribution < 1.29 is 13.2 Å². The molecule has 1 fully saturated rings. The number of rotatable bonds is 2. The van der Waals surface area contributed by atoms with E-state index in [0.29, 0.717) is 0 Å². The summed E-state index contributed by atoms with van der Waals surface area (Å²) >= 11 is 2.79. The van der Waals surface area contributed by atoms with E-state index in [2.05, 4.69) is 21.2 Å². The minimum atomic E-state index is -0.902. The second-order valence-electron chi connectivity index (χ2n) is 4.30. The van der Waals surface area contributed by atoms with Crippen LogP contribution in [0.25, 0.3) is 0 Å². The summed E-state index contributed by atoms with van der Waals surface area (Å²) in [7, 11) is 0. The van der Waals surface area contributed by atoms with Crippen molar-refractivity contribution in [3.63, 3.8) is 0 Å². The molecule has 0 amide bonds. The highest BCUT2D eigenvalue weighted by Gasteiger charge is 2.21. The average Bonchev–Trinajstić information content (AvgIpc) is 2.33. The monoisotopic (exact) mass is 307 g/mol. The Labute approximate surface area is 107 Å². The molecule has 1 aromatic carbocycles. The summed E-state index contributed by atoms with van der Waals surface area (Å²) in [5, 5.41) is 3.21. The molecule has 2 rings (SSSR count). The molecule has 1 aliphatic rings. The quantitative estimate of drug-likeness (QED) is 0.651. The minimum absolute atomic E-state index is 0.0438. The maximum Gasteiger partial charge on any atom is 0.146 e. The topological polar surface area (TPSA) is 12.0 Å².